The smallest absolute Gasteiger partial charge is 0.335 e. The summed E-state index contributed by atoms with van der Waals surface area (Å²) in [7, 11) is 0. The number of carbonyl (C=O) groups is 3. The number of para-hydroxylation sites is 1. The molecule has 0 bridgehead atoms. The van der Waals surface area contributed by atoms with Gasteiger partial charge in [0, 0.05) is 17.4 Å². The van der Waals surface area contributed by atoms with Crippen molar-refractivity contribution in [3.63, 3.8) is 0 Å². The standard InChI is InChI=1S/C21H23N3O3/c1-12(2)23-14(4)10-16(15(23)5)11-17-19(25)22-21(27)24(20(17)26)18-9-7-6-8-13(18)3/h6-12H,1-5H3,(H,22,25,27)/b17-11+. The van der Waals surface area contributed by atoms with Crippen LogP contribution in [0.2, 0.25) is 0 Å². The van der Waals surface area contributed by atoms with E-state index in [4.69, 9.17) is 0 Å². The molecule has 27 heavy (non-hydrogen) atoms. The topological polar surface area (TPSA) is 71.4 Å². The molecule has 6 heteroatoms. The van der Waals surface area contributed by atoms with Gasteiger partial charge in [0.05, 0.1) is 5.69 Å². The monoisotopic (exact) mass is 365 g/mol. The van der Waals surface area contributed by atoms with Crippen molar-refractivity contribution in [2.75, 3.05) is 4.90 Å². The van der Waals surface area contributed by atoms with Crippen molar-refractivity contribution in [2.24, 2.45) is 0 Å². The van der Waals surface area contributed by atoms with Crippen LogP contribution < -0.4 is 10.2 Å². The minimum atomic E-state index is -0.732. The van der Waals surface area contributed by atoms with E-state index in [1.165, 1.54) is 0 Å². The van der Waals surface area contributed by atoms with Crippen molar-refractivity contribution in [1.82, 2.24) is 9.88 Å². The van der Waals surface area contributed by atoms with Gasteiger partial charge in [-0.2, -0.15) is 0 Å². The highest BCUT2D eigenvalue weighted by molar-refractivity contribution is 6.39. The molecule has 0 spiro atoms. The molecule has 0 saturated carbocycles. The minimum Gasteiger partial charge on any atom is -0.346 e. The van der Waals surface area contributed by atoms with Crippen LogP contribution in [0.1, 0.15) is 42.4 Å². The van der Waals surface area contributed by atoms with Gasteiger partial charge in [-0.15, -0.1) is 0 Å². The molecule has 1 N–H and O–H groups in total. The molecule has 1 aromatic carbocycles. The van der Waals surface area contributed by atoms with E-state index in [0.717, 1.165) is 27.4 Å². The number of barbiturate groups is 1. The molecule has 2 aromatic rings. The third-order valence-electron chi connectivity index (χ3n) is 4.80. The zero-order valence-corrected chi connectivity index (χ0v) is 16.2. The molecule has 140 valence electrons. The van der Waals surface area contributed by atoms with Crippen LogP contribution in [-0.2, 0) is 9.59 Å². The summed E-state index contributed by atoms with van der Waals surface area (Å²) in [6.45, 7) is 9.91. The van der Waals surface area contributed by atoms with Crippen molar-refractivity contribution < 1.29 is 14.4 Å². The molecule has 2 heterocycles. The normalized spacial score (nSPS) is 16.4. The van der Waals surface area contributed by atoms with Crippen molar-refractivity contribution in [3.8, 4) is 0 Å². The number of amides is 4. The van der Waals surface area contributed by atoms with E-state index in [0.29, 0.717) is 5.69 Å². The SMILES string of the molecule is Cc1ccccc1N1C(=O)NC(=O)/C(=C\c2cc(C)n(C(C)C)c2C)C1=O. The fraction of sp³-hybridized carbons (Fsp3) is 0.286. The summed E-state index contributed by atoms with van der Waals surface area (Å²) in [5, 5.41) is 2.27. The Balaban J connectivity index is 2.08. The molecular formula is C21H23N3O3. The Labute approximate surface area is 158 Å². The van der Waals surface area contributed by atoms with E-state index in [2.05, 4.69) is 23.7 Å². The van der Waals surface area contributed by atoms with E-state index in [1.807, 2.05) is 39.0 Å². The van der Waals surface area contributed by atoms with Gasteiger partial charge in [-0.3, -0.25) is 14.9 Å². The number of benzene rings is 1. The van der Waals surface area contributed by atoms with Gasteiger partial charge < -0.3 is 4.57 Å². The van der Waals surface area contributed by atoms with E-state index in [9.17, 15) is 14.4 Å². The summed E-state index contributed by atoms with van der Waals surface area (Å²) < 4.78 is 2.14. The third-order valence-corrected chi connectivity index (χ3v) is 4.80. The lowest BCUT2D eigenvalue weighted by Gasteiger charge is -2.27. The van der Waals surface area contributed by atoms with Crippen molar-refractivity contribution in [1.29, 1.82) is 0 Å². The first kappa shape index (κ1) is 18.6. The lowest BCUT2D eigenvalue weighted by atomic mass is 10.1. The first-order valence-corrected chi connectivity index (χ1v) is 8.88. The van der Waals surface area contributed by atoms with Crippen LogP contribution in [0, 0.1) is 20.8 Å². The Morgan fingerprint density at radius 3 is 2.30 bits per heavy atom. The Hall–Kier alpha value is -3.15. The molecule has 0 unspecified atom stereocenters. The van der Waals surface area contributed by atoms with Gasteiger partial charge in [0.25, 0.3) is 11.8 Å². The van der Waals surface area contributed by atoms with Crippen LogP contribution in [-0.4, -0.2) is 22.4 Å². The molecule has 1 fully saturated rings. The molecule has 6 nitrogen and oxygen atoms in total. The first-order chi connectivity index (χ1) is 12.7. The zero-order chi connectivity index (χ0) is 19.9. The van der Waals surface area contributed by atoms with Crippen LogP contribution in [0.25, 0.3) is 6.08 Å². The van der Waals surface area contributed by atoms with Gasteiger partial charge in [-0.05, 0) is 64.0 Å². The van der Waals surface area contributed by atoms with Crippen molar-refractivity contribution in [3.05, 3.63) is 58.4 Å². The summed E-state index contributed by atoms with van der Waals surface area (Å²) in [5.74, 6) is -1.29. The second kappa shape index (κ2) is 6.87. The Morgan fingerprint density at radius 1 is 1.04 bits per heavy atom. The molecule has 1 aromatic heterocycles. The minimum absolute atomic E-state index is 0.0538. The number of aromatic nitrogens is 1. The molecule has 4 amide bonds. The molecule has 3 rings (SSSR count). The molecular weight excluding hydrogens is 342 g/mol. The predicted octanol–water partition coefficient (Wildman–Crippen LogP) is 3.66. The number of hydrogen-bond acceptors (Lipinski definition) is 3. The molecule has 1 aliphatic rings. The summed E-state index contributed by atoms with van der Waals surface area (Å²) >= 11 is 0. The van der Waals surface area contributed by atoms with Gasteiger partial charge in [0.1, 0.15) is 5.57 Å². The van der Waals surface area contributed by atoms with E-state index < -0.39 is 17.8 Å². The van der Waals surface area contributed by atoms with Crippen LogP contribution >= 0.6 is 0 Å². The van der Waals surface area contributed by atoms with Gasteiger partial charge in [0.15, 0.2) is 0 Å². The number of aryl methyl sites for hydroxylation is 2. The van der Waals surface area contributed by atoms with Crippen LogP contribution in [0.15, 0.2) is 35.9 Å². The van der Waals surface area contributed by atoms with Gasteiger partial charge in [0.2, 0.25) is 0 Å². The fourth-order valence-electron chi connectivity index (χ4n) is 3.59. The van der Waals surface area contributed by atoms with Gasteiger partial charge in [-0.1, -0.05) is 18.2 Å². The molecule has 1 saturated heterocycles. The maximum Gasteiger partial charge on any atom is 0.335 e. The number of rotatable bonds is 3. The van der Waals surface area contributed by atoms with Crippen LogP contribution in [0.3, 0.4) is 0 Å². The lowest BCUT2D eigenvalue weighted by Crippen LogP contribution is -2.54. The lowest BCUT2D eigenvalue weighted by molar-refractivity contribution is -0.122. The average Bonchev–Trinajstić information content (AvgIpc) is 2.86. The quantitative estimate of drug-likeness (QED) is 0.666. The van der Waals surface area contributed by atoms with Crippen LogP contribution in [0.4, 0.5) is 10.5 Å². The van der Waals surface area contributed by atoms with E-state index in [1.54, 1.807) is 18.2 Å². The largest absolute Gasteiger partial charge is 0.346 e. The second-order valence-corrected chi connectivity index (χ2v) is 7.03. The molecule has 0 radical (unpaired) electrons. The number of urea groups is 1. The van der Waals surface area contributed by atoms with Gasteiger partial charge >= 0.3 is 6.03 Å². The highest BCUT2D eigenvalue weighted by Crippen LogP contribution is 2.27. The highest BCUT2D eigenvalue weighted by atomic mass is 16.2. The van der Waals surface area contributed by atoms with Gasteiger partial charge in [-0.25, -0.2) is 9.69 Å². The summed E-state index contributed by atoms with van der Waals surface area (Å²) in [6, 6.07) is 8.54. The van der Waals surface area contributed by atoms with Crippen molar-refractivity contribution in [2.45, 2.75) is 40.7 Å². The zero-order valence-electron chi connectivity index (χ0n) is 16.2. The van der Waals surface area contributed by atoms with Crippen molar-refractivity contribution >= 4 is 29.6 Å². The van der Waals surface area contributed by atoms with E-state index >= 15 is 0 Å². The molecule has 1 aliphatic heterocycles. The predicted molar refractivity (Wildman–Crippen MR) is 104 cm³/mol. The second-order valence-electron chi connectivity index (χ2n) is 7.03. The number of nitrogens with one attached hydrogen (secondary N) is 1. The number of nitrogens with zero attached hydrogens (tertiary/aromatic N) is 2. The van der Waals surface area contributed by atoms with E-state index in [-0.39, 0.29) is 11.6 Å². The Morgan fingerprint density at radius 2 is 1.70 bits per heavy atom. The third kappa shape index (κ3) is 3.18. The highest BCUT2D eigenvalue weighted by Gasteiger charge is 2.37. The Bertz CT molecular complexity index is 983. The van der Waals surface area contributed by atoms with Crippen LogP contribution in [0.5, 0.6) is 0 Å². The first-order valence-electron chi connectivity index (χ1n) is 8.88. The Kier molecular flexibility index (Phi) is 4.74. The fourth-order valence-corrected chi connectivity index (χ4v) is 3.59. The number of anilines is 1. The molecule has 0 aliphatic carbocycles. The maximum atomic E-state index is 13.0. The number of imide groups is 2. The summed E-state index contributed by atoms with van der Waals surface area (Å²) in [6.07, 6.45) is 1.57. The number of carbonyl (C=O) groups excluding carboxylic acids is 3. The maximum absolute atomic E-state index is 13.0. The molecule has 0 atom stereocenters. The average molecular weight is 365 g/mol. The summed E-state index contributed by atoms with van der Waals surface area (Å²) in [5.41, 5.74) is 3.99. The number of hydrogen-bond donors (Lipinski definition) is 1. The summed E-state index contributed by atoms with van der Waals surface area (Å²) in [4.78, 5) is 38.7.